The first-order valence-corrected chi connectivity index (χ1v) is 6.06. The van der Waals surface area contributed by atoms with E-state index in [0.717, 1.165) is 16.7 Å². The molecule has 1 fully saturated rings. The number of carbonyl (C=O) groups excluding carboxylic acids is 1. The first kappa shape index (κ1) is 11.0. The van der Waals surface area contributed by atoms with Gasteiger partial charge in [-0.1, -0.05) is 24.3 Å². The molecule has 1 aromatic heterocycles. The predicted molar refractivity (Wildman–Crippen MR) is 72.4 cm³/mol. The second-order valence-corrected chi connectivity index (χ2v) is 4.57. The zero-order valence-electron chi connectivity index (χ0n) is 10.0. The molecule has 3 rings (SSSR count). The molecule has 0 radical (unpaired) electrons. The van der Waals surface area contributed by atoms with E-state index >= 15 is 0 Å². The lowest BCUT2D eigenvalue weighted by Crippen LogP contribution is -2.25. The van der Waals surface area contributed by atoms with Crippen LogP contribution in [0.3, 0.4) is 0 Å². The third-order valence-corrected chi connectivity index (χ3v) is 3.35. The van der Waals surface area contributed by atoms with Gasteiger partial charge in [-0.2, -0.15) is 0 Å². The summed E-state index contributed by atoms with van der Waals surface area (Å²) in [6, 6.07) is 11.8. The fourth-order valence-corrected chi connectivity index (χ4v) is 2.32. The number of hydrogen-bond acceptors (Lipinski definition) is 2. The van der Waals surface area contributed by atoms with Gasteiger partial charge in [-0.25, -0.2) is 4.98 Å². The zero-order chi connectivity index (χ0) is 12.5. The number of hydrogen-bond donors (Lipinski definition) is 0. The van der Waals surface area contributed by atoms with Crippen molar-refractivity contribution >= 4 is 22.6 Å². The van der Waals surface area contributed by atoms with Crippen molar-refractivity contribution in [1.82, 2.24) is 4.98 Å². The Labute approximate surface area is 106 Å². The van der Waals surface area contributed by atoms with Crippen LogP contribution in [0.25, 0.3) is 10.9 Å². The van der Waals surface area contributed by atoms with Gasteiger partial charge in [0.25, 0.3) is 0 Å². The van der Waals surface area contributed by atoms with E-state index in [2.05, 4.69) is 11.6 Å². The Bertz CT molecular complexity index is 621. The number of nitrogens with zero attached hydrogens (tertiary/aromatic N) is 2. The third-order valence-electron chi connectivity index (χ3n) is 3.35. The normalized spacial score (nSPS) is 19.4. The van der Waals surface area contributed by atoms with Gasteiger partial charge in [0.2, 0.25) is 5.91 Å². The second-order valence-electron chi connectivity index (χ2n) is 4.57. The van der Waals surface area contributed by atoms with E-state index in [-0.39, 0.29) is 11.8 Å². The summed E-state index contributed by atoms with van der Waals surface area (Å²) >= 11 is 0. The van der Waals surface area contributed by atoms with Crippen LogP contribution in [0.2, 0.25) is 0 Å². The van der Waals surface area contributed by atoms with E-state index in [4.69, 9.17) is 0 Å². The highest BCUT2D eigenvalue weighted by Crippen LogP contribution is 2.25. The summed E-state index contributed by atoms with van der Waals surface area (Å²) in [6.07, 6.45) is 2.39. The molecule has 1 aliphatic rings. The first-order chi connectivity index (χ1) is 8.78. The van der Waals surface area contributed by atoms with Crippen LogP contribution in [0.15, 0.2) is 49.1 Å². The van der Waals surface area contributed by atoms with Gasteiger partial charge in [0.1, 0.15) is 5.82 Å². The number of benzene rings is 1. The van der Waals surface area contributed by atoms with E-state index in [1.165, 1.54) is 0 Å². The molecular weight excluding hydrogens is 224 g/mol. The SMILES string of the molecule is C=CC1CC(=O)N(c2ccc3ccccc3n2)C1. The summed E-state index contributed by atoms with van der Waals surface area (Å²) in [5, 5.41) is 1.09. The lowest BCUT2D eigenvalue weighted by molar-refractivity contribution is -0.117. The second kappa shape index (κ2) is 4.26. The van der Waals surface area contributed by atoms with Gasteiger partial charge in [-0.15, -0.1) is 6.58 Å². The Morgan fingerprint density at radius 1 is 1.28 bits per heavy atom. The summed E-state index contributed by atoms with van der Waals surface area (Å²) in [4.78, 5) is 18.2. The molecule has 0 saturated carbocycles. The van der Waals surface area contributed by atoms with Crippen molar-refractivity contribution in [3.63, 3.8) is 0 Å². The number of carbonyl (C=O) groups is 1. The van der Waals surface area contributed by atoms with Crippen LogP contribution >= 0.6 is 0 Å². The quantitative estimate of drug-likeness (QED) is 0.754. The van der Waals surface area contributed by atoms with Crippen LogP contribution in [0, 0.1) is 5.92 Å². The molecule has 1 aliphatic heterocycles. The van der Waals surface area contributed by atoms with Crippen molar-refractivity contribution in [2.45, 2.75) is 6.42 Å². The van der Waals surface area contributed by atoms with Gasteiger partial charge in [0.05, 0.1) is 5.52 Å². The van der Waals surface area contributed by atoms with Gasteiger partial charge >= 0.3 is 0 Å². The van der Waals surface area contributed by atoms with Crippen LogP contribution in [0.1, 0.15) is 6.42 Å². The van der Waals surface area contributed by atoms with E-state index in [1.807, 2.05) is 42.5 Å². The summed E-state index contributed by atoms with van der Waals surface area (Å²) in [5.74, 6) is 1.11. The molecule has 18 heavy (non-hydrogen) atoms. The van der Waals surface area contributed by atoms with Gasteiger partial charge in [-0.05, 0) is 18.2 Å². The Morgan fingerprint density at radius 3 is 2.89 bits per heavy atom. The molecule has 3 nitrogen and oxygen atoms in total. The molecule has 3 heteroatoms. The third kappa shape index (κ3) is 1.78. The number of fused-ring (bicyclic) bond motifs is 1. The average Bonchev–Trinajstić information content (AvgIpc) is 2.79. The van der Waals surface area contributed by atoms with Gasteiger partial charge in [-0.3, -0.25) is 9.69 Å². The number of anilines is 1. The minimum Gasteiger partial charge on any atom is -0.296 e. The van der Waals surface area contributed by atoms with Crippen LogP contribution in [0.4, 0.5) is 5.82 Å². The molecule has 2 heterocycles. The van der Waals surface area contributed by atoms with E-state index in [9.17, 15) is 4.79 Å². The highest BCUT2D eigenvalue weighted by Gasteiger charge is 2.29. The fourth-order valence-electron chi connectivity index (χ4n) is 2.32. The fraction of sp³-hybridized carbons (Fsp3) is 0.200. The van der Waals surface area contributed by atoms with E-state index in [1.54, 1.807) is 4.90 Å². The maximum atomic E-state index is 11.9. The Morgan fingerprint density at radius 2 is 2.11 bits per heavy atom. The molecule has 2 aromatic rings. The maximum Gasteiger partial charge on any atom is 0.228 e. The molecule has 0 aliphatic carbocycles. The average molecular weight is 238 g/mol. The van der Waals surface area contributed by atoms with Gasteiger partial charge in [0, 0.05) is 24.3 Å². The van der Waals surface area contributed by atoms with Crippen molar-refractivity contribution in [2.75, 3.05) is 11.4 Å². The first-order valence-electron chi connectivity index (χ1n) is 6.06. The standard InChI is InChI=1S/C15H14N2O/c1-2-11-9-15(18)17(10-11)14-8-7-12-5-3-4-6-13(12)16-14/h2-8,11H,1,9-10H2. The molecule has 1 unspecified atom stereocenters. The summed E-state index contributed by atoms with van der Waals surface area (Å²) < 4.78 is 0. The molecule has 90 valence electrons. The van der Waals surface area contributed by atoms with Crippen molar-refractivity contribution in [2.24, 2.45) is 5.92 Å². The van der Waals surface area contributed by atoms with Gasteiger partial charge in [0.15, 0.2) is 0 Å². The summed E-state index contributed by atoms with van der Waals surface area (Å²) in [5.41, 5.74) is 0.921. The van der Waals surface area contributed by atoms with E-state index in [0.29, 0.717) is 13.0 Å². The minimum atomic E-state index is 0.127. The summed E-state index contributed by atoms with van der Waals surface area (Å²) in [6.45, 7) is 4.44. The topological polar surface area (TPSA) is 33.2 Å². The molecular formula is C15H14N2O. The molecule has 1 amide bonds. The molecule has 1 saturated heterocycles. The van der Waals surface area contributed by atoms with Crippen LogP contribution < -0.4 is 4.90 Å². The monoisotopic (exact) mass is 238 g/mol. The van der Waals surface area contributed by atoms with Crippen molar-refractivity contribution in [3.05, 3.63) is 49.1 Å². The summed E-state index contributed by atoms with van der Waals surface area (Å²) in [7, 11) is 0. The minimum absolute atomic E-state index is 0.127. The number of pyridine rings is 1. The Kier molecular flexibility index (Phi) is 2.59. The van der Waals surface area contributed by atoms with Crippen LogP contribution in [0.5, 0.6) is 0 Å². The smallest absolute Gasteiger partial charge is 0.228 e. The van der Waals surface area contributed by atoms with Crippen molar-refractivity contribution in [3.8, 4) is 0 Å². The van der Waals surface area contributed by atoms with Crippen LogP contribution in [-0.4, -0.2) is 17.4 Å². The van der Waals surface area contributed by atoms with Crippen molar-refractivity contribution < 1.29 is 4.79 Å². The van der Waals surface area contributed by atoms with Crippen molar-refractivity contribution in [1.29, 1.82) is 0 Å². The Hall–Kier alpha value is -2.16. The molecule has 0 N–H and O–H groups in total. The largest absolute Gasteiger partial charge is 0.296 e. The maximum absolute atomic E-state index is 11.9. The Balaban J connectivity index is 1.99. The van der Waals surface area contributed by atoms with Gasteiger partial charge < -0.3 is 0 Å². The lowest BCUT2D eigenvalue weighted by Gasteiger charge is -2.15. The predicted octanol–water partition coefficient (Wildman–Crippen LogP) is 2.77. The van der Waals surface area contributed by atoms with E-state index < -0.39 is 0 Å². The zero-order valence-corrected chi connectivity index (χ0v) is 10.0. The molecule has 0 spiro atoms. The molecule has 1 aromatic carbocycles. The number of rotatable bonds is 2. The molecule has 0 bridgehead atoms. The number of amides is 1. The number of para-hydroxylation sites is 1. The lowest BCUT2D eigenvalue weighted by atomic mass is 10.1. The van der Waals surface area contributed by atoms with Crippen LogP contribution in [-0.2, 0) is 4.79 Å². The highest BCUT2D eigenvalue weighted by atomic mass is 16.2. The number of aromatic nitrogens is 1. The molecule has 1 atom stereocenters. The highest BCUT2D eigenvalue weighted by molar-refractivity contribution is 5.96.